The molecule has 4 aliphatic rings. The first-order chi connectivity index (χ1) is 37.1. The second-order valence-corrected chi connectivity index (χ2v) is 19.7. The lowest BCUT2D eigenvalue weighted by atomic mass is 9.65. The molecule has 6 unspecified atom stereocenters. The third kappa shape index (κ3) is 16.5. The first-order valence-electron chi connectivity index (χ1n) is 25.7. The normalized spacial score (nSPS) is 21.1. The monoisotopic (exact) mass is 1110 g/mol. The molecule has 424 valence electrons. The average molecular weight is 1110 g/mol. The van der Waals surface area contributed by atoms with Crippen LogP contribution in [0.25, 0.3) is 0 Å². The van der Waals surface area contributed by atoms with E-state index in [-0.39, 0.29) is 103 Å². The van der Waals surface area contributed by atoms with Gasteiger partial charge in [-0.3, -0.25) is 30.4 Å². The van der Waals surface area contributed by atoms with E-state index >= 15 is 4.79 Å². The van der Waals surface area contributed by atoms with Crippen LogP contribution in [0, 0.1) is 30.4 Å². The molecule has 77 heavy (non-hydrogen) atoms. The van der Waals surface area contributed by atoms with Crippen molar-refractivity contribution in [3.63, 3.8) is 0 Å². The second-order valence-electron chi connectivity index (χ2n) is 19.3. The molecular weight excluding hydrogens is 1040 g/mol. The number of rotatable bonds is 28. The number of halogens is 3. The number of nitrogens with zero attached hydrogens (tertiary/aromatic N) is 5. The number of piperidine rings is 2. The van der Waals surface area contributed by atoms with E-state index in [1.807, 2.05) is 54.3 Å². The standard InChI is InChI=1S/C52H68ClF2N5O17/c1-33-27-35(9-16-45(33)69-2)31-57(38-12-13-38)50(62)46-41(36-10-7-34(8-11-36)5-4-18-72-48-43(55)15-14-42(54)47(48)53)30-40-28-37(29-44(46)58(40)51(63)73-23-19-70-21-25-76-59(65)66)49(61)56-17-3-6-39(56)32-75-52(64)74-24-20-71-22-26-77-60(67)68/h7-11,14-16,27,37-41,44,46,65-68H,3-6,12-13,17-26,28-32H2,1-2H3. The van der Waals surface area contributed by atoms with E-state index in [0.29, 0.717) is 50.9 Å². The summed E-state index contributed by atoms with van der Waals surface area (Å²) in [6, 6.07) is 13.7. The van der Waals surface area contributed by atoms with E-state index in [1.165, 1.54) is 0 Å². The largest absolute Gasteiger partial charge is 0.508 e. The molecule has 1 saturated carbocycles. The number of benzene rings is 3. The van der Waals surface area contributed by atoms with Crippen molar-refractivity contribution < 1.29 is 91.6 Å². The fraction of sp³-hybridized carbons (Fsp3) is 0.577. The first-order valence-corrected chi connectivity index (χ1v) is 26.1. The van der Waals surface area contributed by atoms with Crippen molar-refractivity contribution in [3.8, 4) is 11.5 Å². The predicted molar refractivity (Wildman–Crippen MR) is 264 cm³/mol. The molecule has 2 bridgehead atoms. The molecule has 22 nitrogen and oxygen atoms in total. The molecule has 3 aromatic carbocycles. The number of ether oxygens (including phenoxy) is 7. The van der Waals surface area contributed by atoms with E-state index in [9.17, 15) is 23.2 Å². The van der Waals surface area contributed by atoms with E-state index < -0.39 is 75.6 Å². The van der Waals surface area contributed by atoms with Crippen LogP contribution >= 0.6 is 11.6 Å². The van der Waals surface area contributed by atoms with Crippen LogP contribution in [-0.2, 0) is 55.9 Å². The van der Waals surface area contributed by atoms with Crippen LogP contribution in [0.4, 0.5) is 18.4 Å². The lowest BCUT2D eigenvalue weighted by Crippen LogP contribution is -2.64. The number of hydrogen-bond acceptors (Lipinski definition) is 19. The molecule has 25 heteroatoms. The molecular formula is C52H68ClF2N5O17. The van der Waals surface area contributed by atoms with Gasteiger partial charge in [0.05, 0.1) is 76.1 Å². The fourth-order valence-electron chi connectivity index (χ4n) is 10.6. The second kappa shape index (κ2) is 28.9. The van der Waals surface area contributed by atoms with Crippen LogP contribution in [0.3, 0.4) is 0 Å². The van der Waals surface area contributed by atoms with Crippen molar-refractivity contribution in [1.29, 1.82) is 0 Å². The SMILES string of the molecule is COc1ccc(CN(C(=O)C2C(c3ccc(CCCOc4c(F)ccc(F)c4Cl)cc3)CC3CC(C(=O)N4CCCC4COC(=O)OCCOCCON(O)O)CC2N3C(=O)OCCOCCON(O)O)C2CC2)cc1C. The van der Waals surface area contributed by atoms with Crippen molar-refractivity contribution in [2.45, 2.75) is 101 Å². The summed E-state index contributed by atoms with van der Waals surface area (Å²) in [6.07, 6.45) is 2.84. The molecule has 4 N–H and O–H groups in total. The van der Waals surface area contributed by atoms with Gasteiger partial charge in [-0.05, 0) is 111 Å². The highest BCUT2D eigenvalue weighted by molar-refractivity contribution is 6.32. The first kappa shape index (κ1) is 59.2. The number of carbonyl (C=O) groups is 4. The summed E-state index contributed by atoms with van der Waals surface area (Å²) in [7, 11) is 1.60. The molecule has 6 atom stereocenters. The van der Waals surface area contributed by atoms with E-state index in [0.717, 1.165) is 47.2 Å². The Morgan fingerprint density at radius 1 is 0.753 bits per heavy atom. The minimum absolute atomic E-state index is 0.00712. The highest BCUT2D eigenvalue weighted by Crippen LogP contribution is 2.50. The lowest BCUT2D eigenvalue weighted by molar-refractivity contribution is -0.493. The van der Waals surface area contributed by atoms with Gasteiger partial charge in [-0.15, -0.1) is 0 Å². The Hall–Kier alpha value is -5.51. The fourth-order valence-corrected chi connectivity index (χ4v) is 10.8. The van der Waals surface area contributed by atoms with Gasteiger partial charge < -0.3 is 47.9 Å². The van der Waals surface area contributed by atoms with Crippen molar-refractivity contribution in [2.75, 3.05) is 79.7 Å². The maximum absolute atomic E-state index is 15.8. The van der Waals surface area contributed by atoms with Crippen LogP contribution in [0.5, 0.6) is 11.5 Å². The summed E-state index contributed by atoms with van der Waals surface area (Å²) in [4.78, 5) is 71.9. The molecule has 7 rings (SSSR count). The number of hydrogen-bond donors (Lipinski definition) is 4. The zero-order chi connectivity index (χ0) is 55.0. The summed E-state index contributed by atoms with van der Waals surface area (Å²) in [5, 5.41) is 33.6. The maximum atomic E-state index is 15.8. The summed E-state index contributed by atoms with van der Waals surface area (Å²) >= 11 is 5.97. The van der Waals surface area contributed by atoms with Gasteiger partial charge in [0.25, 0.3) is 0 Å². The van der Waals surface area contributed by atoms with Gasteiger partial charge in [0.1, 0.15) is 36.4 Å². The van der Waals surface area contributed by atoms with Crippen LogP contribution < -0.4 is 9.47 Å². The van der Waals surface area contributed by atoms with Crippen LogP contribution in [0.2, 0.25) is 5.02 Å². The molecule has 0 spiro atoms. The molecule has 4 fully saturated rings. The van der Waals surface area contributed by atoms with Gasteiger partial charge in [0, 0.05) is 37.1 Å². The molecule has 3 aliphatic heterocycles. The summed E-state index contributed by atoms with van der Waals surface area (Å²) in [5.41, 5.74) is 3.60. The van der Waals surface area contributed by atoms with Gasteiger partial charge in [0.2, 0.25) is 11.8 Å². The topological polar surface area (TPSA) is 248 Å². The third-order valence-corrected chi connectivity index (χ3v) is 14.6. The molecule has 1 aliphatic carbocycles. The van der Waals surface area contributed by atoms with Crippen LogP contribution in [0.1, 0.15) is 79.5 Å². The van der Waals surface area contributed by atoms with Gasteiger partial charge in [0.15, 0.2) is 11.6 Å². The van der Waals surface area contributed by atoms with Crippen molar-refractivity contribution in [2.24, 2.45) is 11.8 Å². The van der Waals surface area contributed by atoms with Crippen LogP contribution in [-0.4, -0.2) is 174 Å². The minimum atomic E-state index is -0.953. The summed E-state index contributed by atoms with van der Waals surface area (Å²) in [5.74, 6) is -3.40. The molecule has 3 aromatic rings. The Balaban J connectivity index is 1.12. The van der Waals surface area contributed by atoms with Crippen molar-refractivity contribution in [3.05, 3.63) is 93.5 Å². The van der Waals surface area contributed by atoms with Gasteiger partial charge in [-0.2, -0.15) is 0 Å². The predicted octanol–water partition coefficient (Wildman–Crippen LogP) is 7.03. The summed E-state index contributed by atoms with van der Waals surface area (Å²) < 4.78 is 66.6. The van der Waals surface area contributed by atoms with Crippen molar-refractivity contribution in [1.82, 2.24) is 25.5 Å². The molecule has 3 saturated heterocycles. The average Bonchev–Trinajstić information content (AvgIpc) is 4.25. The zero-order valence-corrected chi connectivity index (χ0v) is 43.8. The number of likely N-dealkylation sites (tertiary alicyclic amines) is 1. The number of amides is 3. The highest BCUT2D eigenvalue weighted by atomic mass is 35.5. The van der Waals surface area contributed by atoms with Gasteiger partial charge in [-0.1, -0.05) is 48.0 Å². The van der Waals surface area contributed by atoms with Gasteiger partial charge >= 0.3 is 12.2 Å². The number of methoxy groups -OCH3 is 1. The lowest BCUT2D eigenvalue weighted by Gasteiger charge is -2.54. The Morgan fingerprint density at radius 2 is 1.42 bits per heavy atom. The molecule has 3 heterocycles. The Labute approximate surface area is 449 Å². The molecule has 3 amide bonds. The van der Waals surface area contributed by atoms with E-state index in [4.69, 9.17) is 65.6 Å². The Bertz CT molecular complexity index is 2430. The number of aryl methyl sites for hydroxylation is 2. The maximum Gasteiger partial charge on any atom is 0.508 e. The van der Waals surface area contributed by atoms with E-state index in [2.05, 4.69) is 9.68 Å². The minimum Gasteiger partial charge on any atom is -0.496 e. The smallest absolute Gasteiger partial charge is 0.496 e. The zero-order valence-electron chi connectivity index (χ0n) is 43.1. The van der Waals surface area contributed by atoms with Crippen LogP contribution in [0.15, 0.2) is 54.6 Å². The Morgan fingerprint density at radius 3 is 2.08 bits per heavy atom. The number of fused-ring (bicyclic) bond motifs is 2. The molecule has 0 radical (unpaired) electrons. The number of carbonyl (C=O) groups excluding carboxylic acids is 4. The Kier molecular flexibility index (Phi) is 22.2. The van der Waals surface area contributed by atoms with Gasteiger partial charge in [-0.25, -0.2) is 28.0 Å². The van der Waals surface area contributed by atoms with Crippen molar-refractivity contribution >= 4 is 35.7 Å². The third-order valence-electron chi connectivity index (χ3n) is 14.2. The van der Waals surface area contributed by atoms with E-state index in [1.54, 1.807) is 16.9 Å². The quantitative estimate of drug-likeness (QED) is 0.0247. The molecule has 0 aromatic heterocycles. The highest BCUT2D eigenvalue weighted by Gasteiger charge is 2.56. The summed E-state index contributed by atoms with van der Waals surface area (Å²) in [6.45, 7) is 1.82.